The van der Waals surface area contributed by atoms with Gasteiger partial charge in [-0.3, -0.25) is 14.6 Å². The van der Waals surface area contributed by atoms with Gasteiger partial charge in [0.1, 0.15) is 0 Å². The van der Waals surface area contributed by atoms with Crippen molar-refractivity contribution < 1.29 is 14.3 Å². The summed E-state index contributed by atoms with van der Waals surface area (Å²) in [6, 6.07) is 11.9. The van der Waals surface area contributed by atoms with E-state index in [1.165, 1.54) is 11.1 Å². The molecule has 0 unspecified atom stereocenters. The molecule has 1 fully saturated rings. The van der Waals surface area contributed by atoms with Gasteiger partial charge in [-0.15, -0.1) is 0 Å². The fraction of sp³-hybridized carbons (Fsp3) is 0.400. The van der Waals surface area contributed by atoms with Gasteiger partial charge in [0.15, 0.2) is 17.3 Å². The minimum absolute atomic E-state index is 0.135. The van der Waals surface area contributed by atoms with E-state index in [4.69, 9.17) is 9.47 Å². The zero-order valence-corrected chi connectivity index (χ0v) is 18.8. The van der Waals surface area contributed by atoms with E-state index in [9.17, 15) is 4.79 Å². The number of rotatable bonds is 7. The summed E-state index contributed by atoms with van der Waals surface area (Å²) in [5.41, 5.74) is 4.23. The van der Waals surface area contributed by atoms with Crippen LogP contribution in [0.15, 0.2) is 42.6 Å². The van der Waals surface area contributed by atoms with Crippen molar-refractivity contribution in [1.29, 1.82) is 0 Å². The molecule has 1 saturated heterocycles. The van der Waals surface area contributed by atoms with Crippen LogP contribution >= 0.6 is 0 Å². The van der Waals surface area contributed by atoms with Crippen LogP contribution in [0.25, 0.3) is 10.9 Å². The Morgan fingerprint density at radius 3 is 2.45 bits per heavy atom. The summed E-state index contributed by atoms with van der Waals surface area (Å²) >= 11 is 0. The van der Waals surface area contributed by atoms with Crippen molar-refractivity contribution in [3.05, 3.63) is 59.3 Å². The zero-order valence-electron chi connectivity index (χ0n) is 18.8. The largest absolute Gasteiger partial charge is 0.493 e. The van der Waals surface area contributed by atoms with Crippen molar-refractivity contribution in [3.8, 4) is 11.5 Å². The van der Waals surface area contributed by atoms with Crippen molar-refractivity contribution in [1.82, 2.24) is 14.8 Å². The van der Waals surface area contributed by atoms with Crippen LogP contribution in [0.2, 0.25) is 0 Å². The van der Waals surface area contributed by atoms with Crippen LogP contribution in [0.3, 0.4) is 0 Å². The topological polar surface area (TPSA) is 57.8 Å². The molecule has 1 N–H and O–H groups in total. The number of nitrogens with zero attached hydrogens (tertiary/aromatic N) is 2. The molecule has 1 aliphatic rings. The molecule has 2 aromatic carbocycles. The lowest BCUT2D eigenvalue weighted by atomic mass is 10.0. The SMILES string of the molecule is COc1cc(C)c(CN2CCN([C@@H](C)C(=O)c3c[nH]c4ccccc34)CC2)cc1OC. The smallest absolute Gasteiger partial charge is 0.181 e. The molecule has 0 radical (unpaired) electrons. The molecule has 0 spiro atoms. The van der Waals surface area contributed by atoms with Gasteiger partial charge in [-0.25, -0.2) is 0 Å². The highest BCUT2D eigenvalue weighted by molar-refractivity contribution is 6.10. The van der Waals surface area contributed by atoms with Crippen molar-refractivity contribution in [2.24, 2.45) is 0 Å². The lowest BCUT2D eigenvalue weighted by molar-refractivity contribution is 0.0688. The quantitative estimate of drug-likeness (QED) is 0.587. The number of para-hydroxylation sites is 1. The number of nitrogens with one attached hydrogen (secondary N) is 1. The highest BCUT2D eigenvalue weighted by Gasteiger charge is 2.28. The predicted octanol–water partition coefficient (Wildman–Crippen LogP) is 3.88. The number of hydrogen-bond acceptors (Lipinski definition) is 5. The first kappa shape index (κ1) is 21.4. The normalized spacial score (nSPS) is 16.4. The number of carbonyl (C=O) groups is 1. The van der Waals surface area contributed by atoms with E-state index in [0.29, 0.717) is 0 Å². The number of Topliss-reactive ketones (excluding diaryl/α,β-unsaturated/α-hetero) is 1. The second-order valence-electron chi connectivity index (χ2n) is 8.23. The summed E-state index contributed by atoms with van der Waals surface area (Å²) < 4.78 is 10.9. The molecule has 1 atom stereocenters. The third-order valence-electron chi connectivity index (χ3n) is 6.42. The first-order valence-corrected chi connectivity index (χ1v) is 10.8. The Balaban J connectivity index is 1.39. The fourth-order valence-corrected chi connectivity index (χ4v) is 4.41. The van der Waals surface area contributed by atoms with Crippen LogP contribution in [0.5, 0.6) is 11.5 Å². The molecule has 3 aromatic rings. The average molecular weight is 422 g/mol. The molecule has 4 rings (SSSR count). The Bertz CT molecular complexity index is 1070. The van der Waals surface area contributed by atoms with Gasteiger partial charge in [0.05, 0.1) is 20.3 Å². The van der Waals surface area contributed by atoms with Gasteiger partial charge >= 0.3 is 0 Å². The van der Waals surface area contributed by atoms with Gasteiger partial charge in [0.25, 0.3) is 0 Å². The third kappa shape index (κ3) is 4.31. The van der Waals surface area contributed by atoms with Crippen LogP contribution in [0.1, 0.15) is 28.4 Å². The molecule has 2 heterocycles. The number of ketones is 1. The van der Waals surface area contributed by atoms with Crippen LogP contribution in [0, 0.1) is 6.92 Å². The molecule has 1 aromatic heterocycles. The number of ether oxygens (including phenoxy) is 2. The molecule has 6 heteroatoms. The van der Waals surface area contributed by atoms with Gasteiger partial charge in [-0.2, -0.15) is 0 Å². The van der Waals surface area contributed by atoms with Crippen LogP contribution < -0.4 is 9.47 Å². The minimum atomic E-state index is -0.135. The molecule has 0 saturated carbocycles. The summed E-state index contributed by atoms with van der Waals surface area (Å²) in [6.45, 7) is 8.61. The van der Waals surface area contributed by atoms with Crippen molar-refractivity contribution in [3.63, 3.8) is 0 Å². The van der Waals surface area contributed by atoms with Crippen LogP contribution in [-0.2, 0) is 6.54 Å². The van der Waals surface area contributed by atoms with Gasteiger partial charge in [-0.1, -0.05) is 18.2 Å². The Hall–Kier alpha value is -2.83. The average Bonchev–Trinajstić information content (AvgIpc) is 3.23. The number of fused-ring (bicyclic) bond motifs is 1. The third-order valence-corrected chi connectivity index (χ3v) is 6.42. The van der Waals surface area contributed by atoms with Crippen LogP contribution in [0.4, 0.5) is 0 Å². The number of benzene rings is 2. The molecule has 0 aliphatic carbocycles. The molecular weight excluding hydrogens is 390 g/mol. The summed E-state index contributed by atoms with van der Waals surface area (Å²) in [6.07, 6.45) is 1.85. The van der Waals surface area contributed by atoms with Gasteiger partial charge in [-0.05, 0) is 43.2 Å². The molecule has 0 amide bonds. The Morgan fingerprint density at radius 2 is 1.74 bits per heavy atom. The summed E-state index contributed by atoms with van der Waals surface area (Å²) in [5.74, 6) is 1.71. The summed E-state index contributed by atoms with van der Waals surface area (Å²) in [7, 11) is 3.33. The molecule has 0 bridgehead atoms. The van der Waals surface area contributed by atoms with Crippen molar-refractivity contribution in [2.45, 2.75) is 26.4 Å². The van der Waals surface area contributed by atoms with E-state index in [0.717, 1.165) is 60.7 Å². The molecule has 6 nitrogen and oxygen atoms in total. The number of aryl methyl sites for hydroxylation is 1. The van der Waals surface area contributed by atoms with Crippen LogP contribution in [-0.4, -0.2) is 67.0 Å². The lowest BCUT2D eigenvalue weighted by Crippen LogP contribution is -2.51. The standard InChI is InChI=1S/C25H31N3O3/c1-17-13-23(30-3)24(31-4)14-19(17)16-27-9-11-28(12-10-27)18(2)25(29)21-15-26-22-8-6-5-7-20(21)22/h5-8,13-15,18,26H,9-12,16H2,1-4H3/t18-/m0/s1. The fourth-order valence-electron chi connectivity index (χ4n) is 4.41. The highest BCUT2D eigenvalue weighted by Crippen LogP contribution is 2.31. The van der Waals surface area contributed by atoms with E-state index in [1.54, 1.807) is 14.2 Å². The summed E-state index contributed by atoms with van der Waals surface area (Å²) in [5, 5.41) is 1.00. The number of hydrogen-bond donors (Lipinski definition) is 1. The first-order chi connectivity index (χ1) is 15.0. The second-order valence-corrected chi connectivity index (χ2v) is 8.23. The molecular formula is C25H31N3O3. The number of H-pyrrole nitrogens is 1. The highest BCUT2D eigenvalue weighted by atomic mass is 16.5. The lowest BCUT2D eigenvalue weighted by Gasteiger charge is -2.37. The number of methoxy groups -OCH3 is 2. The van der Waals surface area contributed by atoms with E-state index in [1.807, 2.05) is 43.5 Å². The van der Waals surface area contributed by atoms with Gasteiger partial charge in [0, 0.05) is 55.4 Å². The van der Waals surface area contributed by atoms with Gasteiger partial charge in [0.2, 0.25) is 0 Å². The Labute approximate surface area is 183 Å². The maximum Gasteiger partial charge on any atom is 0.181 e. The van der Waals surface area contributed by atoms with E-state index < -0.39 is 0 Å². The van der Waals surface area contributed by atoms with Crippen molar-refractivity contribution >= 4 is 16.7 Å². The van der Waals surface area contributed by atoms with E-state index >= 15 is 0 Å². The van der Waals surface area contributed by atoms with Crippen molar-refractivity contribution in [2.75, 3.05) is 40.4 Å². The zero-order chi connectivity index (χ0) is 22.0. The molecule has 31 heavy (non-hydrogen) atoms. The minimum Gasteiger partial charge on any atom is -0.493 e. The monoisotopic (exact) mass is 421 g/mol. The summed E-state index contributed by atoms with van der Waals surface area (Å²) in [4.78, 5) is 21.1. The number of aromatic amines is 1. The Morgan fingerprint density at radius 1 is 1.06 bits per heavy atom. The maximum absolute atomic E-state index is 13.2. The predicted molar refractivity (Wildman–Crippen MR) is 123 cm³/mol. The van der Waals surface area contributed by atoms with Gasteiger partial charge < -0.3 is 14.5 Å². The maximum atomic E-state index is 13.2. The number of carbonyl (C=O) groups excluding carboxylic acids is 1. The molecule has 164 valence electrons. The Kier molecular flexibility index (Phi) is 6.30. The number of piperazine rings is 1. The van der Waals surface area contributed by atoms with E-state index in [-0.39, 0.29) is 11.8 Å². The molecule has 1 aliphatic heterocycles. The first-order valence-electron chi connectivity index (χ1n) is 10.8. The van der Waals surface area contributed by atoms with E-state index in [2.05, 4.69) is 27.8 Å². The number of aromatic nitrogens is 1. The second kappa shape index (κ2) is 9.12.